The maximum absolute atomic E-state index is 9.98. The first kappa shape index (κ1) is 29.0. The van der Waals surface area contributed by atoms with Gasteiger partial charge in [-0.1, -0.05) is 27.7 Å². The van der Waals surface area contributed by atoms with Crippen molar-refractivity contribution in [2.45, 2.75) is 90.4 Å². The number of hydrazine groups is 1. The average Bonchev–Trinajstić information content (AvgIpc) is 3.42. The molecular formula is C28H41N6OSSi+. The van der Waals surface area contributed by atoms with Gasteiger partial charge in [-0.15, -0.1) is 4.68 Å². The Balaban J connectivity index is 0.00000380. The van der Waals surface area contributed by atoms with E-state index in [1.165, 1.54) is 5.56 Å². The molecule has 1 aromatic carbocycles. The van der Waals surface area contributed by atoms with Crippen LogP contribution in [0.15, 0.2) is 29.4 Å². The van der Waals surface area contributed by atoms with Crippen molar-refractivity contribution in [3.63, 3.8) is 0 Å². The van der Waals surface area contributed by atoms with Crippen LogP contribution in [0.5, 0.6) is 0 Å². The number of aliphatic imine (C=N–C) groups is 1. The second-order valence-electron chi connectivity index (χ2n) is 12.1. The highest BCUT2D eigenvalue weighted by Gasteiger charge is 2.42. The van der Waals surface area contributed by atoms with Crippen LogP contribution in [0.2, 0.25) is 18.1 Å². The molecule has 0 spiro atoms. The molecule has 0 fully saturated rings. The van der Waals surface area contributed by atoms with E-state index in [-0.39, 0.29) is 23.9 Å². The molecule has 1 aliphatic carbocycles. The number of amidine groups is 1. The number of benzene rings is 1. The molecule has 0 bridgehead atoms. The van der Waals surface area contributed by atoms with Gasteiger partial charge in [-0.3, -0.25) is 0 Å². The van der Waals surface area contributed by atoms with E-state index < -0.39 is 8.32 Å². The zero-order chi connectivity index (χ0) is 26.3. The molecule has 2 aromatic rings. The van der Waals surface area contributed by atoms with Crippen LogP contribution in [0.3, 0.4) is 0 Å². The minimum atomic E-state index is -1.89. The van der Waals surface area contributed by atoms with Gasteiger partial charge in [-0.2, -0.15) is 29.2 Å². The van der Waals surface area contributed by atoms with Crippen molar-refractivity contribution in [2.24, 2.45) is 4.99 Å². The van der Waals surface area contributed by atoms with Crippen molar-refractivity contribution in [1.29, 1.82) is 5.26 Å². The SMILES string of the molecule is CC(C)[N+]1=CCC(=Nc2nccc(-c3cc(C#N)c4c(c3)[C@](C)(CO[Si](C)(C)C(C)(C)C)CC4)n2)N1.S. The summed E-state index contributed by atoms with van der Waals surface area (Å²) in [6, 6.07) is 8.84. The lowest BCUT2D eigenvalue weighted by Crippen LogP contribution is -2.44. The van der Waals surface area contributed by atoms with Gasteiger partial charge in [-0.05, 0) is 74.1 Å². The van der Waals surface area contributed by atoms with Gasteiger partial charge in [0.2, 0.25) is 0 Å². The Morgan fingerprint density at radius 2 is 2.03 bits per heavy atom. The van der Waals surface area contributed by atoms with Crippen LogP contribution in [0.1, 0.15) is 71.1 Å². The first-order chi connectivity index (χ1) is 16.8. The molecule has 0 saturated heterocycles. The third-order valence-electron chi connectivity index (χ3n) is 7.97. The van der Waals surface area contributed by atoms with Crippen LogP contribution in [-0.4, -0.2) is 47.7 Å². The van der Waals surface area contributed by atoms with E-state index in [9.17, 15) is 5.26 Å². The number of hydrogen-bond donors (Lipinski definition) is 1. The Morgan fingerprint density at radius 1 is 1.30 bits per heavy atom. The van der Waals surface area contributed by atoms with Crippen molar-refractivity contribution in [1.82, 2.24) is 15.4 Å². The summed E-state index contributed by atoms with van der Waals surface area (Å²) in [5.74, 6) is 1.24. The molecular weight excluding hydrogens is 497 g/mol. The lowest BCUT2D eigenvalue weighted by atomic mass is 9.83. The molecule has 7 nitrogen and oxygen atoms in total. The first-order valence-corrected chi connectivity index (χ1v) is 15.7. The molecule has 2 aliphatic rings. The molecule has 4 rings (SSSR count). The zero-order valence-electron chi connectivity index (χ0n) is 23.4. The van der Waals surface area contributed by atoms with E-state index in [2.05, 4.69) is 88.4 Å². The Hall–Kier alpha value is -2.54. The van der Waals surface area contributed by atoms with E-state index in [0.29, 0.717) is 18.6 Å². The molecule has 198 valence electrons. The van der Waals surface area contributed by atoms with Gasteiger partial charge in [-0.25, -0.2) is 9.97 Å². The normalized spacial score (nSPS) is 20.3. The van der Waals surface area contributed by atoms with Gasteiger partial charge in [0.25, 0.3) is 5.95 Å². The Morgan fingerprint density at radius 3 is 2.65 bits per heavy atom. The summed E-state index contributed by atoms with van der Waals surface area (Å²) in [4.78, 5) is 13.7. The Kier molecular flexibility index (Phi) is 8.37. The maximum Gasteiger partial charge on any atom is 0.251 e. The summed E-state index contributed by atoms with van der Waals surface area (Å²) in [5.41, 5.74) is 7.94. The maximum atomic E-state index is 9.98. The number of nitriles is 1. The molecule has 1 aromatic heterocycles. The second-order valence-corrected chi connectivity index (χ2v) is 16.9. The highest BCUT2D eigenvalue weighted by Crippen LogP contribution is 2.44. The monoisotopic (exact) mass is 537 g/mol. The number of fused-ring (bicyclic) bond motifs is 1. The van der Waals surface area contributed by atoms with Crippen LogP contribution in [0, 0.1) is 11.3 Å². The third kappa shape index (κ3) is 5.97. The predicted molar refractivity (Wildman–Crippen MR) is 158 cm³/mol. The fourth-order valence-electron chi connectivity index (χ4n) is 4.49. The highest BCUT2D eigenvalue weighted by atomic mass is 32.1. The molecule has 37 heavy (non-hydrogen) atoms. The summed E-state index contributed by atoms with van der Waals surface area (Å²) in [5, 5.41) is 10.1. The third-order valence-corrected chi connectivity index (χ3v) is 12.5. The fraction of sp³-hybridized carbons (Fsp3) is 0.536. The number of rotatable bonds is 6. The van der Waals surface area contributed by atoms with Crippen molar-refractivity contribution in [3.05, 3.63) is 41.1 Å². The number of nitrogens with zero attached hydrogens (tertiary/aromatic N) is 5. The quantitative estimate of drug-likeness (QED) is 0.373. The van der Waals surface area contributed by atoms with Crippen LogP contribution in [0.4, 0.5) is 5.95 Å². The number of aromatic nitrogens is 2. The summed E-state index contributed by atoms with van der Waals surface area (Å²) in [6.07, 6.45) is 6.41. The van der Waals surface area contributed by atoms with E-state index in [1.54, 1.807) is 6.20 Å². The predicted octanol–water partition coefficient (Wildman–Crippen LogP) is 5.78. The minimum absolute atomic E-state index is 0. The van der Waals surface area contributed by atoms with Gasteiger partial charge >= 0.3 is 0 Å². The van der Waals surface area contributed by atoms with Gasteiger partial charge in [0.05, 0.1) is 23.7 Å². The molecule has 0 unspecified atom stereocenters. The van der Waals surface area contributed by atoms with Crippen LogP contribution in [-0.2, 0) is 16.3 Å². The fourth-order valence-corrected chi connectivity index (χ4v) is 5.60. The molecule has 9 heteroatoms. The average molecular weight is 538 g/mol. The van der Waals surface area contributed by atoms with E-state index in [4.69, 9.17) is 9.41 Å². The summed E-state index contributed by atoms with van der Waals surface area (Å²) in [7, 11) is -1.89. The minimum Gasteiger partial charge on any atom is -0.416 e. The van der Waals surface area contributed by atoms with E-state index >= 15 is 0 Å². The lowest BCUT2D eigenvalue weighted by molar-refractivity contribution is -0.591. The Bertz CT molecular complexity index is 1270. The highest BCUT2D eigenvalue weighted by molar-refractivity contribution is 7.59. The van der Waals surface area contributed by atoms with Crippen LogP contribution < -0.4 is 5.43 Å². The molecule has 0 amide bonds. The van der Waals surface area contributed by atoms with Gasteiger partial charge < -0.3 is 4.43 Å². The van der Waals surface area contributed by atoms with Gasteiger partial charge in [0.15, 0.2) is 26.4 Å². The molecule has 1 atom stereocenters. The van der Waals surface area contributed by atoms with E-state index in [0.717, 1.165) is 47.5 Å². The van der Waals surface area contributed by atoms with Gasteiger partial charge in [0.1, 0.15) is 0 Å². The first-order valence-electron chi connectivity index (χ1n) is 12.8. The molecule has 0 radical (unpaired) electrons. The standard InChI is InChI=1S/C28H39N6OSi.H2S/c1-19(2)34-14-11-25(33-34)32-26-30-13-10-24(31-26)20-15-21(17-29)22-9-12-28(6,23(22)16-20)18-35-36(7,8)27(3,4)5;/h10,13-16,19H,9,11-12,18H2,1-8H3,(H,30,31,32,33);1H2/q+1;/t28-;/m0./s1. The number of hydrogen-bond acceptors (Lipinski definition) is 5. The van der Waals surface area contributed by atoms with Gasteiger partial charge in [0, 0.05) is 23.8 Å². The molecule has 0 saturated carbocycles. The van der Waals surface area contributed by atoms with Crippen molar-refractivity contribution in [3.8, 4) is 17.3 Å². The smallest absolute Gasteiger partial charge is 0.251 e. The molecule has 1 aliphatic heterocycles. The van der Waals surface area contributed by atoms with Crippen molar-refractivity contribution in [2.75, 3.05) is 6.61 Å². The van der Waals surface area contributed by atoms with Crippen molar-refractivity contribution < 1.29 is 9.11 Å². The topological polar surface area (TPSA) is 86.2 Å². The molecule has 2 heterocycles. The number of nitrogens with one attached hydrogen (secondary N) is 1. The van der Waals surface area contributed by atoms with E-state index in [1.807, 2.05) is 16.8 Å². The number of hydrazone groups is 1. The lowest BCUT2D eigenvalue weighted by Gasteiger charge is -2.39. The van der Waals surface area contributed by atoms with Crippen LogP contribution >= 0.6 is 13.5 Å². The zero-order valence-corrected chi connectivity index (χ0v) is 25.4. The Labute approximate surface area is 229 Å². The summed E-state index contributed by atoms with van der Waals surface area (Å²) >= 11 is 0. The summed E-state index contributed by atoms with van der Waals surface area (Å²) < 4.78 is 8.71. The van der Waals surface area contributed by atoms with Crippen molar-refractivity contribution >= 4 is 39.8 Å². The largest absolute Gasteiger partial charge is 0.416 e. The van der Waals surface area contributed by atoms with Crippen LogP contribution in [0.25, 0.3) is 11.3 Å². The second kappa shape index (κ2) is 10.7. The molecule has 1 N–H and O–H groups in total. The summed E-state index contributed by atoms with van der Waals surface area (Å²) in [6.45, 7) is 18.6.